The van der Waals surface area contributed by atoms with Gasteiger partial charge in [-0.1, -0.05) is 0 Å². The topological polar surface area (TPSA) is 138 Å². The number of fused-ring (bicyclic) bond motifs is 1. The zero-order valence-electron chi connectivity index (χ0n) is 18.5. The van der Waals surface area contributed by atoms with E-state index >= 15 is 0 Å². The number of aromatic nitrogens is 5. The molecule has 4 rings (SSSR count). The van der Waals surface area contributed by atoms with Gasteiger partial charge in [-0.3, -0.25) is 10.00 Å². The van der Waals surface area contributed by atoms with Crippen LogP contribution in [0.5, 0.6) is 0 Å². The predicted octanol–water partition coefficient (Wildman–Crippen LogP) is 4.52. The van der Waals surface area contributed by atoms with Gasteiger partial charge in [0.25, 0.3) is 0 Å². The Balaban J connectivity index is 1.71. The summed E-state index contributed by atoms with van der Waals surface area (Å²) in [6, 6.07) is 7.04. The molecule has 0 unspecified atom stereocenters. The van der Waals surface area contributed by atoms with Crippen LogP contribution >= 0.6 is 0 Å². The van der Waals surface area contributed by atoms with Gasteiger partial charge in [0.1, 0.15) is 5.60 Å². The Morgan fingerprint density at radius 2 is 2.00 bits per heavy atom. The molecule has 33 heavy (non-hydrogen) atoms. The Kier molecular flexibility index (Phi) is 5.46. The standard InChI is InChI=1S/C22H23N7O4/c1-22(2,3)33-20(30)27-16-6-5-14(18-15(16)7-9-23-18)17-8-10-24-19(26-17)29(21(31)32)13-11-25-28(4)12-13/h5-12,23H,1-4H3,(H,27,30)(H,31,32). The van der Waals surface area contributed by atoms with Gasteiger partial charge in [0, 0.05) is 36.6 Å². The molecule has 170 valence electrons. The van der Waals surface area contributed by atoms with Gasteiger partial charge < -0.3 is 14.8 Å². The fourth-order valence-corrected chi connectivity index (χ4v) is 3.33. The maximum Gasteiger partial charge on any atom is 0.419 e. The lowest BCUT2D eigenvalue weighted by atomic mass is 10.1. The van der Waals surface area contributed by atoms with Crippen molar-refractivity contribution in [1.29, 1.82) is 0 Å². The van der Waals surface area contributed by atoms with Crippen molar-refractivity contribution in [1.82, 2.24) is 24.7 Å². The third-order valence-electron chi connectivity index (χ3n) is 4.62. The van der Waals surface area contributed by atoms with Gasteiger partial charge in [-0.15, -0.1) is 0 Å². The van der Waals surface area contributed by atoms with Crippen molar-refractivity contribution in [3.05, 3.63) is 49.1 Å². The van der Waals surface area contributed by atoms with Crippen LogP contribution in [0.4, 0.5) is 26.9 Å². The number of carboxylic acid groups (broad SMARTS) is 1. The first-order chi connectivity index (χ1) is 15.6. The Bertz CT molecular complexity index is 1340. The van der Waals surface area contributed by atoms with Crippen LogP contribution < -0.4 is 10.2 Å². The van der Waals surface area contributed by atoms with Crippen LogP contribution in [0.3, 0.4) is 0 Å². The number of anilines is 3. The molecular formula is C22H23N7O4. The summed E-state index contributed by atoms with van der Waals surface area (Å²) < 4.78 is 6.84. The molecule has 1 aromatic carbocycles. The van der Waals surface area contributed by atoms with Crippen molar-refractivity contribution in [2.45, 2.75) is 26.4 Å². The number of amides is 2. The third kappa shape index (κ3) is 4.61. The van der Waals surface area contributed by atoms with Crippen LogP contribution in [0, 0.1) is 0 Å². The smallest absolute Gasteiger partial charge is 0.419 e. The molecule has 2 amide bonds. The van der Waals surface area contributed by atoms with E-state index in [1.807, 2.05) is 6.07 Å². The highest BCUT2D eigenvalue weighted by Crippen LogP contribution is 2.33. The van der Waals surface area contributed by atoms with Crippen LogP contribution in [0.2, 0.25) is 0 Å². The van der Waals surface area contributed by atoms with Crippen LogP contribution in [0.15, 0.2) is 49.1 Å². The molecule has 3 heterocycles. The summed E-state index contributed by atoms with van der Waals surface area (Å²) in [5, 5.41) is 17.3. The molecule has 3 N–H and O–H groups in total. The van der Waals surface area contributed by atoms with E-state index < -0.39 is 17.8 Å². The van der Waals surface area contributed by atoms with E-state index in [0.717, 1.165) is 15.8 Å². The van der Waals surface area contributed by atoms with Crippen LogP contribution in [0.1, 0.15) is 20.8 Å². The van der Waals surface area contributed by atoms with Crippen molar-refractivity contribution in [2.24, 2.45) is 7.05 Å². The van der Waals surface area contributed by atoms with Crippen molar-refractivity contribution in [2.75, 3.05) is 10.2 Å². The second-order valence-electron chi connectivity index (χ2n) is 8.29. The van der Waals surface area contributed by atoms with Crippen LogP contribution in [-0.2, 0) is 11.8 Å². The van der Waals surface area contributed by atoms with Gasteiger partial charge >= 0.3 is 12.2 Å². The predicted molar refractivity (Wildman–Crippen MR) is 123 cm³/mol. The molecule has 4 aromatic rings. The first kappa shape index (κ1) is 21.8. The largest absolute Gasteiger partial charge is 0.464 e. The molecular weight excluding hydrogens is 426 g/mol. The van der Waals surface area contributed by atoms with Crippen molar-refractivity contribution < 1.29 is 19.4 Å². The highest BCUT2D eigenvalue weighted by atomic mass is 16.6. The molecule has 0 fully saturated rings. The number of nitrogens with zero attached hydrogens (tertiary/aromatic N) is 5. The molecule has 11 nitrogen and oxygen atoms in total. The third-order valence-corrected chi connectivity index (χ3v) is 4.62. The minimum Gasteiger partial charge on any atom is -0.464 e. The lowest BCUT2D eigenvalue weighted by Crippen LogP contribution is -2.27. The number of hydrogen-bond acceptors (Lipinski definition) is 6. The van der Waals surface area contributed by atoms with Gasteiger partial charge in [-0.25, -0.2) is 24.5 Å². The van der Waals surface area contributed by atoms with E-state index in [1.54, 1.807) is 58.4 Å². The lowest BCUT2D eigenvalue weighted by Gasteiger charge is -2.20. The molecule has 0 aliphatic heterocycles. The molecule has 0 aliphatic carbocycles. The van der Waals surface area contributed by atoms with Crippen LogP contribution in [-0.4, -0.2) is 47.6 Å². The maximum atomic E-state index is 12.2. The van der Waals surface area contributed by atoms with Gasteiger partial charge in [0.15, 0.2) is 0 Å². The van der Waals surface area contributed by atoms with E-state index in [0.29, 0.717) is 22.6 Å². The number of H-pyrrole nitrogens is 1. The van der Waals surface area contributed by atoms with E-state index in [4.69, 9.17) is 4.74 Å². The minimum absolute atomic E-state index is 0.0105. The van der Waals surface area contributed by atoms with Gasteiger partial charge in [0.2, 0.25) is 5.95 Å². The summed E-state index contributed by atoms with van der Waals surface area (Å²) in [6.45, 7) is 5.38. The first-order valence-corrected chi connectivity index (χ1v) is 10.1. The molecule has 0 atom stereocenters. The minimum atomic E-state index is -1.23. The molecule has 0 aliphatic rings. The second kappa shape index (κ2) is 8.26. The van der Waals surface area contributed by atoms with E-state index in [1.165, 1.54) is 17.1 Å². The van der Waals surface area contributed by atoms with Gasteiger partial charge in [-0.2, -0.15) is 5.10 Å². The molecule has 11 heteroatoms. The number of aromatic amines is 1. The summed E-state index contributed by atoms with van der Waals surface area (Å²) >= 11 is 0. The molecule has 0 radical (unpaired) electrons. The second-order valence-corrected chi connectivity index (χ2v) is 8.29. The number of carbonyl (C=O) groups is 2. The monoisotopic (exact) mass is 449 g/mol. The van der Waals surface area contributed by atoms with Crippen LogP contribution in [0.25, 0.3) is 22.2 Å². The SMILES string of the molecule is Cn1cc(N(C(=O)O)c2nccc(-c3ccc(NC(=O)OC(C)(C)C)c4cc[nH]c34)n2)cn1. The van der Waals surface area contributed by atoms with E-state index in [2.05, 4.69) is 25.4 Å². The molecule has 3 aromatic heterocycles. The fraction of sp³-hybridized carbons (Fsp3) is 0.227. The normalized spacial score (nSPS) is 11.4. The molecule has 0 saturated carbocycles. The summed E-state index contributed by atoms with van der Waals surface area (Å²) in [7, 11) is 1.69. The van der Waals surface area contributed by atoms with Crippen molar-refractivity contribution in [3.63, 3.8) is 0 Å². The molecule has 0 spiro atoms. The number of aryl methyl sites for hydroxylation is 1. The Morgan fingerprint density at radius 3 is 2.67 bits per heavy atom. The average molecular weight is 449 g/mol. The van der Waals surface area contributed by atoms with Gasteiger partial charge in [-0.05, 0) is 45.0 Å². The van der Waals surface area contributed by atoms with E-state index in [-0.39, 0.29) is 5.95 Å². The van der Waals surface area contributed by atoms with E-state index in [9.17, 15) is 14.7 Å². The zero-order chi connectivity index (χ0) is 23.8. The number of rotatable bonds is 4. The highest BCUT2D eigenvalue weighted by Gasteiger charge is 2.23. The fourth-order valence-electron chi connectivity index (χ4n) is 3.33. The number of ether oxygens (including phenoxy) is 1. The summed E-state index contributed by atoms with van der Waals surface area (Å²) in [6.07, 6.45) is 4.42. The number of nitrogens with one attached hydrogen (secondary N) is 2. The number of hydrogen-bond donors (Lipinski definition) is 3. The Morgan fingerprint density at radius 1 is 1.21 bits per heavy atom. The first-order valence-electron chi connectivity index (χ1n) is 10.1. The summed E-state index contributed by atoms with van der Waals surface area (Å²) in [5.41, 5.74) is 2.21. The Hall–Kier alpha value is -4.41. The number of benzene rings is 1. The lowest BCUT2D eigenvalue weighted by molar-refractivity contribution is 0.0636. The molecule has 0 saturated heterocycles. The average Bonchev–Trinajstić information content (AvgIpc) is 3.36. The molecule has 0 bridgehead atoms. The highest BCUT2D eigenvalue weighted by molar-refractivity contribution is 6.05. The number of carbonyl (C=O) groups excluding carboxylic acids is 1. The van der Waals surface area contributed by atoms with Crippen molar-refractivity contribution >= 4 is 40.4 Å². The quantitative estimate of drug-likeness (QED) is 0.416. The summed E-state index contributed by atoms with van der Waals surface area (Å²) in [5.74, 6) is -0.0105. The van der Waals surface area contributed by atoms with Crippen molar-refractivity contribution in [3.8, 4) is 11.3 Å². The zero-order valence-corrected chi connectivity index (χ0v) is 18.5. The maximum absolute atomic E-state index is 12.2. The Labute approximate surface area is 189 Å². The van der Waals surface area contributed by atoms with Gasteiger partial charge in [0.05, 0.1) is 28.8 Å². The summed E-state index contributed by atoms with van der Waals surface area (Å²) in [4.78, 5) is 36.9.